The molecule has 0 bridgehead atoms. The molecular weight excluding hydrogens is 326 g/mol. The SMILES string of the molecule is Cc1ccc(CC(=O)N2CCCN(S(=O)(=O)N(C)C)CC2)c(C)c1. The molecule has 0 unspecified atom stereocenters. The standard InChI is InChI=1S/C17H27N3O3S/c1-14-6-7-16(15(2)12-14)13-17(21)19-8-5-9-20(11-10-19)24(22,23)18(3)4/h6-7,12H,5,8-11,13H2,1-4H3. The molecule has 2 rings (SSSR count). The summed E-state index contributed by atoms with van der Waals surface area (Å²) < 4.78 is 27.1. The molecule has 1 fully saturated rings. The van der Waals surface area contributed by atoms with Crippen molar-refractivity contribution in [1.82, 2.24) is 13.5 Å². The van der Waals surface area contributed by atoms with Crippen molar-refractivity contribution in [3.8, 4) is 0 Å². The van der Waals surface area contributed by atoms with E-state index >= 15 is 0 Å². The first-order chi connectivity index (χ1) is 11.2. The third-order valence-electron chi connectivity index (χ3n) is 4.44. The van der Waals surface area contributed by atoms with Crippen LogP contribution < -0.4 is 0 Å². The first-order valence-corrected chi connectivity index (χ1v) is 9.63. The maximum absolute atomic E-state index is 12.6. The average molecular weight is 353 g/mol. The molecule has 1 aliphatic heterocycles. The minimum atomic E-state index is -3.41. The summed E-state index contributed by atoms with van der Waals surface area (Å²) in [5, 5.41) is 0. The second-order valence-corrected chi connectivity index (χ2v) is 8.67. The van der Waals surface area contributed by atoms with Gasteiger partial charge in [0.1, 0.15) is 0 Å². The van der Waals surface area contributed by atoms with Crippen molar-refractivity contribution in [2.75, 3.05) is 40.3 Å². The molecule has 0 spiro atoms. The van der Waals surface area contributed by atoms with Crippen LogP contribution in [0.15, 0.2) is 18.2 Å². The zero-order valence-corrected chi connectivity index (χ0v) is 15.8. The van der Waals surface area contributed by atoms with Crippen molar-refractivity contribution in [3.63, 3.8) is 0 Å². The summed E-state index contributed by atoms with van der Waals surface area (Å²) in [6.45, 7) is 5.89. The molecule has 1 heterocycles. The summed E-state index contributed by atoms with van der Waals surface area (Å²) in [6, 6.07) is 6.10. The van der Waals surface area contributed by atoms with Crippen LogP contribution in [0.2, 0.25) is 0 Å². The van der Waals surface area contributed by atoms with Crippen molar-refractivity contribution in [3.05, 3.63) is 34.9 Å². The van der Waals surface area contributed by atoms with Gasteiger partial charge in [-0.2, -0.15) is 17.0 Å². The number of hydrogen-bond acceptors (Lipinski definition) is 3. The van der Waals surface area contributed by atoms with E-state index in [4.69, 9.17) is 0 Å². The lowest BCUT2D eigenvalue weighted by molar-refractivity contribution is -0.130. The molecular formula is C17H27N3O3S. The number of carbonyl (C=O) groups excluding carboxylic acids is 1. The van der Waals surface area contributed by atoms with Gasteiger partial charge >= 0.3 is 0 Å². The summed E-state index contributed by atoms with van der Waals surface area (Å²) in [6.07, 6.45) is 1.03. The zero-order valence-electron chi connectivity index (χ0n) is 14.9. The number of amides is 1. The summed E-state index contributed by atoms with van der Waals surface area (Å²) in [5.74, 6) is 0.0612. The van der Waals surface area contributed by atoms with Gasteiger partial charge in [-0.1, -0.05) is 23.8 Å². The monoisotopic (exact) mass is 353 g/mol. The highest BCUT2D eigenvalue weighted by Gasteiger charge is 2.28. The van der Waals surface area contributed by atoms with Gasteiger partial charge in [0.15, 0.2) is 0 Å². The lowest BCUT2D eigenvalue weighted by Crippen LogP contribution is -2.42. The van der Waals surface area contributed by atoms with Gasteiger partial charge in [-0.25, -0.2) is 0 Å². The summed E-state index contributed by atoms with van der Waals surface area (Å²) >= 11 is 0. The fraction of sp³-hybridized carbons (Fsp3) is 0.588. The topological polar surface area (TPSA) is 60.9 Å². The van der Waals surface area contributed by atoms with Gasteiger partial charge in [-0.15, -0.1) is 0 Å². The highest BCUT2D eigenvalue weighted by Crippen LogP contribution is 2.15. The van der Waals surface area contributed by atoms with Gasteiger partial charge < -0.3 is 4.90 Å². The van der Waals surface area contributed by atoms with Gasteiger partial charge in [-0.05, 0) is 31.4 Å². The average Bonchev–Trinajstić information content (AvgIpc) is 2.76. The van der Waals surface area contributed by atoms with E-state index in [1.165, 1.54) is 28.3 Å². The molecule has 24 heavy (non-hydrogen) atoms. The zero-order chi connectivity index (χ0) is 17.9. The van der Waals surface area contributed by atoms with E-state index in [0.717, 1.165) is 11.1 Å². The van der Waals surface area contributed by atoms with Crippen molar-refractivity contribution >= 4 is 16.1 Å². The Morgan fingerprint density at radius 3 is 2.46 bits per heavy atom. The Balaban J connectivity index is 2.02. The van der Waals surface area contributed by atoms with E-state index in [9.17, 15) is 13.2 Å². The molecule has 0 N–H and O–H groups in total. The molecule has 134 valence electrons. The Hall–Kier alpha value is -1.44. The summed E-state index contributed by atoms with van der Waals surface area (Å²) in [7, 11) is -0.352. The lowest BCUT2D eigenvalue weighted by atomic mass is 10.0. The van der Waals surface area contributed by atoms with Gasteiger partial charge in [-0.3, -0.25) is 4.79 Å². The normalized spacial score (nSPS) is 17.1. The van der Waals surface area contributed by atoms with E-state index in [0.29, 0.717) is 39.0 Å². The van der Waals surface area contributed by atoms with Crippen LogP contribution in [-0.2, 0) is 21.4 Å². The Morgan fingerprint density at radius 2 is 1.83 bits per heavy atom. The molecule has 1 aromatic carbocycles. The molecule has 0 saturated carbocycles. The van der Waals surface area contributed by atoms with E-state index in [-0.39, 0.29) is 5.91 Å². The minimum Gasteiger partial charge on any atom is -0.341 e. The van der Waals surface area contributed by atoms with Crippen LogP contribution in [-0.4, -0.2) is 68.1 Å². The smallest absolute Gasteiger partial charge is 0.281 e. The fourth-order valence-corrected chi connectivity index (χ4v) is 4.06. The van der Waals surface area contributed by atoms with Crippen LogP contribution >= 0.6 is 0 Å². The highest BCUT2D eigenvalue weighted by molar-refractivity contribution is 7.86. The molecule has 7 heteroatoms. The Morgan fingerprint density at radius 1 is 1.12 bits per heavy atom. The third-order valence-corrected chi connectivity index (χ3v) is 6.38. The van der Waals surface area contributed by atoms with E-state index in [2.05, 4.69) is 6.07 Å². The van der Waals surface area contributed by atoms with Crippen LogP contribution in [0.4, 0.5) is 0 Å². The summed E-state index contributed by atoms with van der Waals surface area (Å²) in [5.41, 5.74) is 3.34. The first kappa shape index (κ1) is 18.9. The number of nitrogens with zero attached hydrogens (tertiary/aromatic N) is 3. The quantitative estimate of drug-likeness (QED) is 0.817. The van der Waals surface area contributed by atoms with Crippen LogP contribution in [0.1, 0.15) is 23.1 Å². The molecule has 0 atom stereocenters. The largest absolute Gasteiger partial charge is 0.341 e. The van der Waals surface area contributed by atoms with Crippen molar-refractivity contribution in [2.45, 2.75) is 26.7 Å². The van der Waals surface area contributed by atoms with Crippen LogP contribution in [0.25, 0.3) is 0 Å². The Bertz CT molecular complexity index is 701. The molecule has 1 saturated heterocycles. The van der Waals surface area contributed by atoms with Crippen LogP contribution in [0.5, 0.6) is 0 Å². The van der Waals surface area contributed by atoms with Crippen molar-refractivity contribution in [2.24, 2.45) is 0 Å². The van der Waals surface area contributed by atoms with Gasteiger partial charge in [0.2, 0.25) is 5.91 Å². The van der Waals surface area contributed by atoms with E-state index in [1.807, 2.05) is 26.0 Å². The van der Waals surface area contributed by atoms with Gasteiger partial charge in [0.25, 0.3) is 10.2 Å². The summed E-state index contributed by atoms with van der Waals surface area (Å²) in [4.78, 5) is 14.4. The molecule has 1 aromatic rings. The maximum atomic E-state index is 12.6. The number of carbonyl (C=O) groups is 1. The van der Waals surface area contributed by atoms with Crippen LogP contribution in [0.3, 0.4) is 0 Å². The van der Waals surface area contributed by atoms with Crippen molar-refractivity contribution in [1.29, 1.82) is 0 Å². The first-order valence-electron chi connectivity index (χ1n) is 8.23. The number of benzene rings is 1. The second-order valence-electron chi connectivity index (χ2n) is 6.53. The van der Waals surface area contributed by atoms with Crippen molar-refractivity contribution < 1.29 is 13.2 Å². The fourth-order valence-electron chi connectivity index (χ4n) is 2.92. The molecule has 0 radical (unpaired) electrons. The molecule has 0 aromatic heterocycles. The minimum absolute atomic E-state index is 0.0612. The Labute approximate surface area is 145 Å². The number of rotatable bonds is 4. The van der Waals surface area contributed by atoms with Gasteiger partial charge in [0.05, 0.1) is 6.42 Å². The maximum Gasteiger partial charge on any atom is 0.281 e. The molecule has 1 amide bonds. The number of aryl methyl sites for hydroxylation is 2. The van der Waals surface area contributed by atoms with Crippen LogP contribution in [0, 0.1) is 13.8 Å². The predicted octanol–water partition coefficient (Wildman–Crippen LogP) is 1.19. The number of hydrogen-bond donors (Lipinski definition) is 0. The Kier molecular flexibility index (Phi) is 6.01. The lowest BCUT2D eigenvalue weighted by Gasteiger charge is -2.24. The second kappa shape index (κ2) is 7.63. The molecule has 6 nitrogen and oxygen atoms in total. The van der Waals surface area contributed by atoms with Gasteiger partial charge in [0, 0.05) is 40.3 Å². The molecule has 0 aliphatic carbocycles. The third kappa shape index (κ3) is 4.34. The predicted molar refractivity (Wildman–Crippen MR) is 95.0 cm³/mol. The van der Waals surface area contributed by atoms with E-state index < -0.39 is 10.2 Å². The highest BCUT2D eigenvalue weighted by atomic mass is 32.2. The van der Waals surface area contributed by atoms with E-state index in [1.54, 1.807) is 4.90 Å². The molecule has 1 aliphatic rings.